The molecule has 0 amide bonds. The Kier molecular flexibility index (Phi) is 3.81. The molecule has 0 aliphatic carbocycles. The van der Waals surface area contributed by atoms with Crippen LogP contribution in [-0.2, 0) is 0 Å². The highest BCUT2D eigenvalue weighted by molar-refractivity contribution is 5.66. The molecular formula is C15H15F2NO. The van der Waals surface area contributed by atoms with Crippen LogP contribution in [0.2, 0.25) is 0 Å². The number of halogens is 2. The zero-order valence-electron chi connectivity index (χ0n) is 10.8. The van der Waals surface area contributed by atoms with Crippen molar-refractivity contribution in [2.45, 2.75) is 13.0 Å². The topological polar surface area (TPSA) is 23.5 Å². The lowest BCUT2D eigenvalue weighted by Gasteiger charge is -2.24. The van der Waals surface area contributed by atoms with Crippen LogP contribution in [0.25, 0.3) is 0 Å². The second-order valence-electron chi connectivity index (χ2n) is 4.42. The number of hydrogen-bond donors (Lipinski definition) is 1. The normalized spacial score (nSPS) is 12.3. The van der Waals surface area contributed by atoms with E-state index in [1.807, 2.05) is 0 Å². The van der Waals surface area contributed by atoms with Crippen LogP contribution >= 0.6 is 0 Å². The first-order valence-corrected chi connectivity index (χ1v) is 5.96. The van der Waals surface area contributed by atoms with Gasteiger partial charge in [0.1, 0.15) is 11.6 Å². The quantitative estimate of drug-likeness (QED) is 0.910. The summed E-state index contributed by atoms with van der Waals surface area (Å²) in [6.45, 7) is 1.57. The molecule has 1 N–H and O–H groups in total. The number of aliphatic hydroxyl groups excluding tert-OH is 1. The van der Waals surface area contributed by atoms with Gasteiger partial charge in [0, 0.05) is 24.0 Å². The third kappa shape index (κ3) is 2.90. The first-order valence-electron chi connectivity index (χ1n) is 5.96. The summed E-state index contributed by atoms with van der Waals surface area (Å²) in [6.07, 6.45) is -0.804. The minimum atomic E-state index is -0.804. The van der Waals surface area contributed by atoms with Gasteiger partial charge in [-0.2, -0.15) is 0 Å². The lowest BCUT2D eigenvalue weighted by molar-refractivity contribution is 0.199. The second kappa shape index (κ2) is 5.36. The zero-order chi connectivity index (χ0) is 14.0. The number of anilines is 2. The average molecular weight is 263 g/mol. The van der Waals surface area contributed by atoms with Crippen molar-refractivity contribution in [2.75, 3.05) is 11.9 Å². The molecule has 0 aliphatic rings. The molecule has 1 atom stereocenters. The highest BCUT2D eigenvalue weighted by Gasteiger charge is 2.14. The molecule has 0 bridgehead atoms. The van der Waals surface area contributed by atoms with Gasteiger partial charge in [0.25, 0.3) is 0 Å². The molecule has 2 rings (SSSR count). The Bertz CT molecular complexity index is 584. The Hall–Kier alpha value is -1.94. The van der Waals surface area contributed by atoms with Gasteiger partial charge in [0.2, 0.25) is 0 Å². The van der Waals surface area contributed by atoms with Crippen molar-refractivity contribution in [2.24, 2.45) is 0 Å². The van der Waals surface area contributed by atoms with Gasteiger partial charge in [-0.3, -0.25) is 0 Å². The van der Waals surface area contributed by atoms with Gasteiger partial charge in [-0.1, -0.05) is 6.07 Å². The molecular weight excluding hydrogens is 248 g/mol. The molecule has 0 saturated heterocycles. The third-order valence-corrected chi connectivity index (χ3v) is 3.00. The Labute approximate surface area is 110 Å². The maximum atomic E-state index is 13.2. The summed E-state index contributed by atoms with van der Waals surface area (Å²) in [5.41, 5.74) is 1.74. The minimum absolute atomic E-state index is 0.343. The van der Waals surface area contributed by atoms with E-state index in [0.29, 0.717) is 16.9 Å². The number of benzene rings is 2. The highest BCUT2D eigenvalue weighted by atomic mass is 19.1. The van der Waals surface area contributed by atoms with Crippen LogP contribution in [0.15, 0.2) is 42.5 Å². The first-order chi connectivity index (χ1) is 8.99. The predicted octanol–water partition coefficient (Wildman–Crippen LogP) is 3.79. The number of hydrogen-bond acceptors (Lipinski definition) is 2. The van der Waals surface area contributed by atoms with Crippen LogP contribution in [0.1, 0.15) is 18.6 Å². The molecule has 2 aromatic carbocycles. The molecule has 0 spiro atoms. The summed E-state index contributed by atoms with van der Waals surface area (Å²) in [5.74, 6) is -0.752. The summed E-state index contributed by atoms with van der Waals surface area (Å²) in [7, 11) is 1.74. The zero-order valence-corrected chi connectivity index (χ0v) is 10.8. The standard InChI is InChI=1S/C15H15F2NO/c1-10(19)14-9-12(17)6-7-15(14)18(2)13-5-3-4-11(16)8-13/h3-10,19H,1-2H3. The van der Waals surface area contributed by atoms with E-state index in [0.717, 1.165) is 0 Å². The third-order valence-electron chi connectivity index (χ3n) is 3.00. The highest BCUT2D eigenvalue weighted by Crippen LogP contribution is 2.31. The monoisotopic (exact) mass is 263 g/mol. The van der Waals surface area contributed by atoms with E-state index < -0.39 is 11.9 Å². The van der Waals surface area contributed by atoms with E-state index in [1.165, 1.54) is 24.3 Å². The van der Waals surface area contributed by atoms with Crippen LogP contribution in [0.3, 0.4) is 0 Å². The van der Waals surface area contributed by atoms with Crippen molar-refractivity contribution in [1.29, 1.82) is 0 Å². The first kappa shape index (κ1) is 13.5. The summed E-state index contributed by atoms with van der Waals surface area (Å²) < 4.78 is 26.5. The van der Waals surface area contributed by atoms with Crippen molar-refractivity contribution < 1.29 is 13.9 Å². The minimum Gasteiger partial charge on any atom is -0.389 e. The summed E-state index contributed by atoms with van der Waals surface area (Å²) in [6, 6.07) is 10.3. The molecule has 0 fully saturated rings. The van der Waals surface area contributed by atoms with Crippen LogP contribution in [0, 0.1) is 11.6 Å². The van der Waals surface area contributed by atoms with Crippen LogP contribution < -0.4 is 4.90 Å². The van der Waals surface area contributed by atoms with Gasteiger partial charge in [-0.25, -0.2) is 8.78 Å². The molecule has 1 unspecified atom stereocenters. The van der Waals surface area contributed by atoms with Crippen molar-refractivity contribution in [3.8, 4) is 0 Å². The summed E-state index contributed by atoms with van der Waals surface area (Å²) >= 11 is 0. The molecule has 0 aromatic heterocycles. The van der Waals surface area contributed by atoms with Crippen LogP contribution in [-0.4, -0.2) is 12.2 Å². The largest absolute Gasteiger partial charge is 0.389 e. The second-order valence-corrected chi connectivity index (χ2v) is 4.42. The lowest BCUT2D eigenvalue weighted by atomic mass is 10.1. The summed E-state index contributed by atoms with van der Waals surface area (Å²) in [5, 5.41) is 9.71. The van der Waals surface area contributed by atoms with E-state index >= 15 is 0 Å². The maximum Gasteiger partial charge on any atom is 0.125 e. The van der Waals surface area contributed by atoms with Gasteiger partial charge < -0.3 is 10.0 Å². The predicted molar refractivity (Wildman–Crippen MR) is 71.5 cm³/mol. The van der Waals surface area contributed by atoms with E-state index in [-0.39, 0.29) is 5.82 Å². The Balaban J connectivity index is 2.46. The number of aliphatic hydroxyl groups is 1. The molecule has 2 aromatic rings. The van der Waals surface area contributed by atoms with E-state index in [9.17, 15) is 13.9 Å². The van der Waals surface area contributed by atoms with Crippen LogP contribution in [0.5, 0.6) is 0 Å². The van der Waals surface area contributed by atoms with Crippen molar-refractivity contribution in [3.05, 3.63) is 59.7 Å². The molecule has 19 heavy (non-hydrogen) atoms. The fraction of sp³-hybridized carbons (Fsp3) is 0.200. The van der Waals surface area contributed by atoms with E-state index in [2.05, 4.69) is 0 Å². The summed E-state index contributed by atoms with van der Waals surface area (Å²) in [4.78, 5) is 1.71. The Morgan fingerprint density at radius 3 is 2.37 bits per heavy atom. The van der Waals surface area contributed by atoms with Crippen molar-refractivity contribution >= 4 is 11.4 Å². The lowest BCUT2D eigenvalue weighted by Crippen LogP contribution is -2.13. The van der Waals surface area contributed by atoms with Gasteiger partial charge in [0.05, 0.1) is 6.10 Å². The van der Waals surface area contributed by atoms with Gasteiger partial charge in [-0.05, 0) is 43.3 Å². The fourth-order valence-corrected chi connectivity index (χ4v) is 1.99. The van der Waals surface area contributed by atoms with Gasteiger partial charge in [-0.15, -0.1) is 0 Å². The molecule has 100 valence electrons. The SMILES string of the molecule is CC(O)c1cc(F)ccc1N(C)c1cccc(F)c1. The van der Waals surface area contributed by atoms with Crippen molar-refractivity contribution in [3.63, 3.8) is 0 Å². The molecule has 0 aliphatic heterocycles. The average Bonchev–Trinajstić information content (AvgIpc) is 2.37. The van der Waals surface area contributed by atoms with E-state index in [4.69, 9.17) is 0 Å². The molecule has 0 heterocycles. The molecule has 4 heteroatoms. The number of nitrogens with zero attached hydrogens (tertiary/aromatic N) is 1. The number of rotatable bonds is 3. The van der Waals surface area contributed by atoms with E-state index in [1.54, 1.807) is 37.1 Å². The van der Waals surface area contributed by atoms with Gasteiger partial charge >= 0.3 is 0 Å². The van der Waals surface area contributed by atoms with Crippen LogP contribution in [0.4, 0.5) is 20.2 Å². The Morgan fingerprint density at radius 1 is 1.05 bits per heavy atom. The molecule has 0 radical (unpaired) electrons. The fourth-order valence-electron chi connectivity index (χ4n) is 1.99. The molecule has 0 saturated carbocycles. The van der Waals surface area contributed by atoms with Crippen molar-refractivity contribution in [1.82, 2.24) is 0 Å². The maximum absolute atomic E-state index is 13.2. The van der Waals surface area contributed by atoms with Gasteiger partial charge in [0.15, 0.2) is 0 Å². The smallest absolute Gasteiger partial charge is 0.125 e. The Morgan fingerprint density at radius 2 is 1.74 bits per heavy atom. The molecule has 2 nitrogen and oxygen atoms in total.